The second-order valence-corrected chi connectivity index (χ2v) is 8.99. The molecule has 0 aliphatic rings. The molecule has 0 aliphatic heterocycles. The summed E-state index contributed by atoms with van der Waals surface area (Å²) in [5.74, 6) is 0. The van der Waals surface area contributed by atoms with Gasteiger partial charge in [-0.15, -0.1) is 0 Å². The molecule has 0 atom stereocenters. The summed E-state index contributed by atoms with van der Waals surface area (Å²) in [4.78, 5) is 0. The van der Waals surface area contributed by atoms with Gasteiger partial charge < -0.3 is 2.85 Å². The van der Waals surface area contributed by atoms with Crippen molar-refractivity contribution in [1.82, 2.24) is 0 Å². The van der Waals surface area contributed by atoms with E-state index in [2.05, 4.69) is 6.92 Å². The van der Waals surface area contributed by atoms with E-state index >= 15 is 0 Å². The number of hydrogen-bond acceptors (Lipinski definition) is 2. The van der Waals surface area contributed by atoms with E-state index < -0.39 is 10.1 Å². The molecule has 0 heterocycles. The Morgan fingerprint density at radius 1 is 0.607 bits per heavy atom. The molecule has 0 rings (SSSR count). The maximum Gasteiger partial charge on any atom is 1.00 e. The zero-order valence-electron chi connectivity index (χ0n) is 21.3. The molecule has 0 radical (unpaired) electrons. The van der Waals surface area contributed by atoms with Gasteiger partial charge in [0.25, 0.3) is 10.1 Å². The van der Waals surface area contributed by atoms with Gasteiger partial charge in [-0.1, -0.05) is 122 Å². The molecule has 3 nitrogen and oxygen atoms in total. The molecule has 0 spiro atoms. The zero-order chi connectivity index (χ0) is 19.3. The van der Waals surface area contributed by atoms with Crippen molar-refractivity contribution in [3.8, 4) is 0 Å². The molecule has 0 fully saturated rings. The normalized spacial score (nSPS) is 11.4. The van der Waals surface area contributed by atoms with E-state index in [9.17, 15) is 8.42 Å². The summed E-state index contributed by atoms with van der Waals surface area (Å²) in [6.07, 6.45) is 26.6. The van der Waals surface area contributed by atoms with Crippen LogP contribution in [0.4, 0.5) is 0 Å². The van der Waals surface area contributed by atoms with Crippen LogP contribution >= 0.6 is 0 Å². The van der Waals surface area contributed by atoms with E-state index in [4.69, 9.17) is 4.55 Å². The summed E-state index contributed by atoms with van der Waals surface area (Å²) in [5, 5.41) is 0.889. The maximum absolute atomic E-state index is 10.5. The van der Waals surface area contributed by atoms with E-state index in [1.807, 2.05) is 0 Å². The molecule has 6 heteroatoms. The van der Waals surface area contributed by atoms with Gasteiger partial charge in [-0.3, -0.25) is 4.55 Å². The third kappa shape index (κ3) is 32.3. The molecule has 0 unspecified atom stereocenters. The molecule has 0 aromatic heterocycles. The smallest absolute Gasteiger partial charge is 1.00 e. The number of allylic oxidation sites excluding steroid dienone is 1. The first-order valence-corrected chi connectivity index (χ1v) is 12.7. The maximum atomic E-state index is 10.5. The van der Waals surface area contributed by atoms with Crippen molar-refractivity contribution in [3.63, 3.8) is 0 Å². The Labute approximate surface area is 223 Å². The Bertz CT molecular complexity index is 423. The first-order chi connectivity index (χ1) is 12.6. The van der Waals surface area contributed by atoms with Crippen LogP contribution in [0.25, 0.3) is 0 Å². The Hall–Kier alpha value is 1.65. The fourth-order valence-corrected chi connectivity index (χ4v) is 3.73. The van der Waals surface area contributed by atoms with Crippen molar-refractivity contribution in [1.29, 1.82) is 0 Å². The minimum atomic E-state index is -3.93. The van der Waals surface area contributed by atoms with E-state index in [-0.39, 0.29) is 62.0 Å². The summed E-state index contributed by atoms with van der Waals surface area (Å²) < 4.78 is 29.5. The summed E-state index contributed by atoms with van der Waals surface area (Å²) in [7, 11) is -3.93. The standard InChI is InChI=1S/C22H44O3S.2Na.2H/c1-2-3-4-5-6-7-8-9-10-11-12-13-14-15-16-17-18-19-20-21-22-26(23,24)25;;;;/h21-22H,2-20H2,1H3,(H,23,24,25);;;;/q;2*+1;2*-1. The Balaban J connectivity index is -0.000000521. The molecule has 0 aromatic rings. The molecule has 0 aromatic carbocycles. The number of hydrogen-bond donors (Lipinski definition) is 1. The zero-order valence-corrected chi connectivity index (χ0v) is 24.1. The van der Waals surface area contributed by atoms with Gasteiger partial charge >= 0.3 is 59.1 Å². The van der Waals surface area contributed by atoms with Gasteiger partial charge in [0.1, 0.15) is 0 Å². The van der Waals surface area contributed by atoms with Gasteiger partial charge in [-0.05, 0) is 12.8 Å². The largest absolute Gasteiger partial charge is 1.00 e. The van der Waals surface area contributed by atoms with Crippen LogP contribution in [0.3, 0.4) is 0 Å². The monoisotopic (exact) mass is 436 g/mol. The van der Waals surface area contributed by atoms with Gasteiger partial charge in [0.2, 0.25) is 0 Å². The fourth-order valence-electron chi connectivity index (χ4n) is 3.35. The first-order valence-electron chi connectivity index (χ1n) is 11.2. The van der Waals surface area contributed by atoms with Gasteiger partial charge in [-0.2, -0.15) is 8.42 Å². The minimum absolute atomic E-state index is 0. The van der Waals surface area contributed by atoms with E-state index in [1.165, 1.54) is 103 Å². The Kier molecular flexibility index (Phi) is 32.7. The third-order valence-corrected chi connectivity index (χ3v) is 5.53. The van der Waals surface area contributed by atoms with Crippen molar-refractivity contribution in [2.45, 2.75) is 129 Å². The molecule has 0 saturated carbocycles. The van der Waals surface area contributed by atoms with Crippen molar-refractivity contribution in [2.75, 3.05) is 0 Å². The quantitative estimate of drug-likeness (QED) is 0.181. The molecule has 0 saturated heterocycles. The van der Waals surface area contributed by atoms with Gasteiger partial charge in [-0.25, -0.2) is 0 Å². The molecule has 0 bridgehead atoms. The summed E-state index contributed by atoms with van der Waals surface area (Å²) in [6, 6.07) is 0. The van der Waals surface area contributed by atoms with Crippen LogP contribution in [0.2, 0.25) is 0 Å². The molecule has 0 amide bonds. The van der Waals surface area contributed by atoms with Crippen molar-refractivity contribution in [3.05, 3.63) is 11.5 Å². The predicted molar refractivity (Wildman–Crippen MR) is 116 cm³/mol. The summed E-state index contributed by atoms with van der Waals surface area (Å²) in [6.45, 7) is 2.28. The van der Waals surface area contributed by atoms with Crippen LogP contribution < -0.4 is 59.1 Å². The molecular weight excluding hydrogens is 390 g/mol. The van der Waals surface area contributed by atoms with Crippen LogP contribution in [-0.4, -0.2) is 13.0 Å². The van der Waals surface area contributed by atoms with Crippen LogP contribution in [-0.2, 0) is 10.1 Å². The topological polar surface area (TPSA) is 54.4 Å². The predicted octanol–water partition coefficient (Wildman–Crippen LogP) is 2.05. The van der Waals surface area contributed by atoms with Gasteiger partial charge in [0.15, 0.2) is 0 Å². The van der Waals surface area contributed by atoms with E-state index in [1.54, 1.807) is 6.08 Å². The first kappa shape index (κ1) is 34.3. The van der Waals surface area contributed by atoms with E-state index in [0.717, 1.165) is 24.7 Å². The number of unbranched alkanes of at least 4 members (excludes halogenated alkanes) is 18. The van der Waals surface area contributed by atoms with Crippen LogP contribution in [0, 0.1) is 0 Å². The fraction of sp³-hybridized carbons (Fsp3) is 0.909. The SMILES string of the molecule is CCCCCCCCCCCCCCCCCCCCC=CS(=O)(=O)O.[H-].[H-].[Na+].[Na+]. The second-order valence-electron chi connectivity index (χ2n) is 7.69. The number of rotatable bonds is 20. The molecule has 28 heavy (non-hydrogen) atoms. The Morgan fingerprint density at radius 2 is 0.893 bits per heavy atom. The second kappa shape index (κ2) is 26.7. The molecule has 0 aliphatic carbocycles. The minimum Gasteiger partial charge on any atom is -1.00 e. The van der Waals surface area contributed by atoms with Crippen LogP contribution in [0.1, 0.15) is 132 Å². The van der Waals surface area contributed by atoms with Crippen LogP contribution in [0.15, 0.2) is 11.5 Å². The van der Waals surface area contributed by atoms with Gasteiger partial charge in [0, 0.05) is 0 Å². The van der Waals surface area contributed by atoms with Crippen molar-refractivity contribution in [2.24, 2.45) is 0 Å². The summed E-state index contributed by atoms with van der Waals surface area (Å²) >= 11 is 0. The third-order valence-electron chi connectivity index (χ3n) is 4.99. The van der Waals surface area contributed by atoms with Crippen LogP contribution in [0.5, 0.6) is 0 Å². The van der Waals surface area contributed by atoms with Crippen molar-refractivity contribution < 1.29 is 74.9 Å². The summed E-state index contributed by atoms with van der Waals surface area (Å²) in [5.41, 5.74) is 0. The van der Waals surface area contributed by atoms with E-state index in [0.29, 0.717) is 0 Å². The molecular formula is C22H46Na2O3S. The average Bonchev–Trinajstić information content (AvgIpc) is 2.59. The Morgan fingerprint density at radius 3 is 1.18 bits per heavy atom. The van der Waals surface area contributed by atoms with Crippen molar-refractivity contribution >= 4 is 10.1 Å². The van der Waals surface area contributed by atoms with Gasteiger partial charge in [0.05, 0.1) is 5.41 Å². The molecule has 160 valence electrons. The molecule has 1 N–H and O–H groups in total. The average molecular weight is 437 g/mol.